The molecule has 0 aliphatic rings. The molecule has 0 aromatic carbocycles. The van der Waals surface area contributed by atoms with E-state index in [1.165, 1.54) is 6.26 Å². The number of pyridine rings is 1. The number of rotatable bonds is 4. The van der Waals surface area contributed by atoms with Crippen molar-refractivity contribution in [3.63, 3.8) is 0 Å². The highest BCUT2D eigenvalue weighted by atomic mass is 32.2. The molecule has 1 aromatic heterocycles. The zero-order chi connectivity index (χ0) is 9.73. The summed E-state index contributed by atoms with van der Waals surface area (Å²) < 4.78 is 26.6. The lowest BCUT2D eigenvalue weighted by Gasteiger charge is -2.03. The van der Waals surface area contributed by atoms with Crippen LogP contribution in [0.3, 0.4) is 0 Å². The van der Waals surface area contributed by atoms with Crippen LogP contribution in [0.15, 0.2) is 24.5 Å². The molecule has 0 bridgehead atoms. The van der Waals surface area contributed by atoms with Crippen LogP contribution in [0.1, 0.15) is 0 Å². The minimum Gasteiger partial charge on any atom is -0.491 e. The van der Waals surface area contributed by atoms with Crippen LogP contribution in [0.5, 0.6) is 5.75 Å². The topological polar surface area (TPSA) is 56.3 Å². The van der Waals surface area contributed by atoms with Gasteiger partial charge in [0, 0.05) is 12.5 Å². The normalized spacial score (nSPS) is 11.2. The van der Waals surface area contributed by atoms with E-state index in [-0.39, 0.29) is 12.4 Å². The van der Waals surface area contributed by atoms with Crippen LogP contribution in [-0.2, 0) is 9.84 Å². The molecule has 1 rings (SSSR count). The largest absolute Gasteiger partial charge is 0.491 e. The van der Waals surface area contributed by atoms with E-state index in [0.717, 1.165) is 0 Å². The first-order valence-corrected chi connectivity index (χ1v) is 5.84. The molecule has 0 aliphatic carbocycles. The summed E-state index contributed by atoms with van der Waals surface area (Å²) in [6, 6.07) is 3.46. The smallest absolute Gasteiger partial charge is 0.150 e. The van der Waals surface area contributed by atoms with E-state index in [0.29, 0.717) is 5.75 Å². The summed E-state index contributed by atoms with van der Waals surface area (Å²) in [6.07, 6.45) is 4.35. The van der Waals surface area contributed by atoms with Gasteiger partial charge >= 0.3 is 0 Å². The molecule has 1 aromatic rings. The monoisotopic (exact) mass is 201 g/mol. The predicted molar refractivity (Wildman–Crippen MR) is 49.4 cm³/mol. The van der Waals surface area contributed by atoms with Crippen LogP contribution >= 0.6 is 0 Å². The Morgan fingerprint density at radius 1 is 1.54 bits per heavy atom. The van der Waals surface area contributed by atoms with Gasteiger partial charge in [-0.1, -0.05) is 0 Å². The second-order valence-corrected chi connectivity index (χ2v) is 4.93. The average Bonchev–Trinajstić information content (AvgIpc) is 2.04. The first kappa shape index (κ1) is 9.98. The summed E-state index contributed by atoms with van der Waals surface area (Å²) in [4.78, 5) is 3.83. The van der Waals surface area contributed by atoms with Gasteiger partial charge in [0.15, 0.2) is 9.84 Å². The van der Waals surface area contributed by atoms with Crippen LogP contribution in [0.2, 0.25) is 0 Å². The molecule has 1 heterocycles. The summed E-state index contributed by atoms with van der Waals surface area (Å²) in [5, 5.41) is 0. The number of sulfone groups is 1. The standard InChI is InChI=1S/C8H11NO3S/c1-13(10,11)6-5-12-8-3-2-4-9-7-8/h2-4,7H,5-6H2,1H3. The highest BCUT2D eigenvalue weighted by molar-refractivity contribution is 7.90. The third-order valence-electron chi connectivity index (χ3n) is 1.36. The highest BCUT2D eigenvalue weighted by Crippen LogP contribution is 2.05. The second kappa shape index (κ2) is 4.23. The SMILES string of the molecule is CS(=O)(=O)CCOc1cccnc1. The van der Waals surface area contributed by atoms with Crippen LogP contribution in [0, 0.1) is 0 Å². The fourth-order valence-corrected chi connectivity index (χ4v) is 1.13. The van der Waals surface area contributed by atoms with Gasteiger partial charge in [0.2, 0.25) is 0 Å². The van der Waals surface area contributed by atoms with E-state index in [1.807, 2.05) is 0 Å². The number of ether oxygens (including phenoxy) is 1. The molecule has 0 fully saturated rings. The minimum atomic E-state index is -2.94. The Hall–Kier alpha value is -1.10. The van der Waals surface area contributed by atoms with Crippen molar-refractivity contribution in [3.8, 4) is 5.75 Å². The quantitative estimate of drug-likeness (QED) is 0.712. The van der Waals surface area contributed by atoms with Crippen molar-refractivity contribution in [3.05, 3.63) is 24.5 Å². The highest BCUT2D eigenvalue weighted by Gasteiger charge is 2.01. The average molecular weight is 201 g/mol. The first-order chi connectivity index (χ1) is 6.08. The lowest BCUT2D eigenvalue weighted by atomic mass is 10.5. The molecule has 0 aliphatic heterocycles. The van der Waals surface area contributed by atoms with Crippen molar-refractivity contribution in [1.82, 2.24) is 4.98 Å². The van der Waals surface area contributed by atoms with Crippen molar-refractivity contribution >= 4 is 9.84 Å². The van der Waals surface area contributed by atoms with Gasteiger partial charge in [0.25, 0.3) is 0 Å². The van der Waals surface area contributed by atoms with Crippen LogP contribution in [-0.4, -0.2) is 32.0 Å². The summed E-state index contributed by atoms with van der Waals surface area (Å²) in [5.41, 5.74) is 0. The molecule has 4 nitrogen and oxygen atoms in total. The molecule has 0 amide bonds. The lowest BCUT2D eigenvalue weighted by Crippen LogP contribution is -2.11. The first-order valence-electron chi connectivity index (χ1n) is 3.78. The maximum absolute atomic E-state index is 10.7. The fourth-order valence-electron chi connectivity index (χ4n) is 0.743. The van der Waals surface area contributed by atoms with E-state index in [4.69, 9.17) is 4.74 Å². The molecule has 0 N–H and O–H groups in total. The van der Waals surface area contributed by atoms with Crippen molar-refractivity contribution < 1.29 is 13.2 Å². The van der Waals surface area contributed by atoms with Gasteiger partial charge in [-0.15, -0.1) is 0 Å². The second-order valence-electron chi connectivity index (χ2n) is 2.67. The van der Waals surface area contributed by atoms with Gasteiger partial charge in [-0.2, -0.15) is 0 Å². The van der Waals surface area contributed by atoms with E-state index >= 15 is 0 Å². The van der Waals surface area contributed by atoms with Crippen LogP contribution in [0.4, 0.5) is 0 Å². The molecule has 0 saturated heterocycles. The van der Waals surface area contributed by atoms with Gasteiger partial charge in [0.05, 0.1) is 11.9 Å². The molecule has 72 valence electrons. The third kappa shape index (κ3) is 4.47. The molecule has 5 heteroatoms. The predicted octanol–water partition coefficient (Wildman–Crippen LogP) is 0.505. The van der Waals surface area contributed by atoms with Crippen molar-refractivity contribution in [2.75, 3.05) is 18.6 Å². The summed E-state index contributed by atoms with van der Waals surface area (Å²) in [6.45, 7) is 0.171. The van der Waals surface area contributed by atoms with Crippen molar-refractivity contribution in [2.24, 2.45) is 0 Å². The van der Waals surface area contributed by atoms with E-state index < -0.39 is 9.84 Å². The summed E-state index contributed by atoms with van der Waals surface area (Å²) in [7, 11) is -2.94. The Morgan fingerprint density at radius 2 is 2.31 bits per heavy atom. The Morgan fingerprint density at radius 3 is 2.85 bits per heavy atom. The van der Waals surface area contributed by atoms with E-state index in [1.54, 1.807) is 24.5 Å². The van der Waals surface area contributed by atoms with Crippen molar-refractivity contribution in [1.29, 1.82) is 0 Å². The van der Waals surface area contributed by atoms with Crippen molar-refractivity contribution in [2.45, 2.75) is 0 Å². The fraction of sp³-hybridized carbons (Fsp3) is 0.375. The number of aromatic nitrogens is 1. The molecular formula is C8H11NO3S. The number of hydrogen-bond acceptors (Lipinski definition) is 4. The lowest BCUT2D eigenvalue weighted by molar-refractivity contribution is 0.339. The number of nitrogens with zero attached hydrogens (tertiary/aromatic N) is 1. The molecule has 0 saturated carbocycles. The molecule has 0 spiro atoms. The summed E-state index contributed by atoms with van der Waals surface area (Å²) >= 11 is 0. The Kier molecular flexibility index (Phi) is 3.25. The minimum absolute atomic E-state index is 0.0297. The Balaban J connectivity index is 2.37. The zero-order valence-corrected chi connectivity index (χ0v) is 8.12. The molecule has 0 atom stereocenters. The zero-order valence-electron chi connectivity index (χ0n) is 7.30. The molecule has 0 radical (unpaired) electrons. The third-order valence-corrected chi connectivity index (χ3v) is 2.27. The van der Waals surface area contributed by atoms with Gasteiger partial charge in [0.1, 0.15) is 12.4 Å². The Bertz CT molecular complexity index is 347. The van der Waals surface area contributed by atoms with Gasteiger partial charge in [-0.05, 0) is 12.1 Å². The Labute approximate surface area is 77.5 Å². The van der Waals surface area contributed by atoms with E-state index in [9.17, 15) is 8.42 Å². The van der Waals surface area contributed by atoms with Gasteiger partial charge in [-0.25, -0.2) is 8.42 Å². The molecule has 13 heavy (non-hydrogen) atoms. The van der Waals surface area contributed by atoms with E-state index in [2.05, 4.69) is 4.98 Å². The van der Waals surface area contributed by atoms with Gasteiger partial charge in [-0.3, -0.25) is 4.98 Å². The maximum Gasteiger partial charge on any atom is 0.150 e. The molecular weight excluding hydrogens is 190 g/mol. The van der Waals surface area contributed by atoms with Gasteiger partial charge < -0.3 is 4.74 Å². The number of hydrogen-bond donors (Lipinski definition) is 0. The molecule has 0 unspecified atom stereocenters. The van der Waals surface area contributed by atoms with Crippen LogP contribution in [0.25, 0.3) is 0 Å². The maximum atomic E-state index is 10.7. The summed E-state index contributed by atoms with van der Waals surface area (Å²) in [5.74, 6) is 0.619. The van der Waals surface area contributed by atoms with Crippen LogP contribution < -0.4 is 4.74 Å².